The van der Waals surface area contributed by atoms with Gasteiger partial charge in [0, 0.05) is 10.0 Å². The van der Waals surface area contributed by atoms with Crippen molar-refractivity contribution < 1.29 is 9.47 Å². The highest BCUT2D eigenvalue weighted by molar-refractivity contribution is 9.10. The largest absolute Gasteiger partial charge is 0.330 e. The SMILES string of the molecule is CNC1(NC)COC(NC)(c2ccc(Br)cc2)OC1.[MgH2]. The van der Waals surface area contributed by atoms with Crippen LogP contribution in [0.5, 0.6) is 0 Å². The lowest BCUT2D eigenvalue weighted by molar-refractivity contribution is -0.317. The summed E-state index contributed by atoms with van der Waals surface area (Å²) >= 11 is 3.43. The third-order valence-corrected chi connectivity index (χ3v) is 4.08. The summed E-state index contributed by atoms with van der Waals surface area (Å²) in [4.78, 5) is 0. The van der Waals surface area contributed by atoms with Crippen LogP contribution in [0.15, 0.2) is 28.7 Å². The van der Waals surface area contributed by atoms with Crippen molar-refractivity contribution in [3.05, 3.63) is 34.3 Å². The van der Waals surface area contributed by atoms with Crippen molar-refractivity contribution in [3.8, 4) is 0 Å². The molecule has 1 aliphatic heterocycles. The number of likely N-dealkylation sites (N-methyl/N-ethyl adjacent to an activating group) is 2. The number of rotatable bonds is 4. The van der Waals surface area contributed by atoms with E-state index in [4.69, 9.17) is 9.47 Å². The van der Waals surface area contributed by atoms with Crippen molar-refractivity contribution in [2.24, 2.45) is 0 Å². The number of hydrogen-bond acceptors (Lipinski definition) is 5. The van der Waals surface area contributed by atoms with Gasteiger partial charge >= 0.3 is 23.1 Å². The van der Waals surface area contributed by atoms with Gasteiger partial charge in [-0.3, -0.25) is 16.0 Å². The molecule has 0 unspecified atom stereocenters. The molecule has 20 heavy (non-hydrogen) atoms. The maximum absolute atomic E-state index is 5.96. The van der Waals surface area contributed by atoms with Gasteiger partial charge in [0.25, 0.3) is 5.91 Å². The molecule has 0 amide bonds. The number of nitrogens with one attached hydrogen (secondary N) is 3. The zero-order chi connectivity index (χ0) is 13.9. The van der Waals surface area contributed by atoms with Gasteiger partial charge in [-0.05, 0) is 33.3 Å². The Bertz CT molecular complexity index is 416. The minimum absolute atomic E-state index is 0. The van der Waals surface area contributed by atoms with E-state index in [1.165, 1.54) is 0 Å². The molecular weight excluding hydrogens is 334 g/mol. The summed E-state index contributed by atoms with van der Waals surface area (Å²) in [6.07, 6.45) is 0. The molecule has 110 valence electrons. The molecule has 0 radical (unpaired) electrons. The Hall–Kier alpha value is 0.266. The summed E-state index contributed by atoms with van der Waals surface area (Å²) in [5.41, 5.74) is 0.592. The maximum atomic E-state index is 5.96. The van der Waals surface area contributed by atoms with Gasteiger partial charge in [0.1, 0.15) is 5.66 Å². The summed E-state index contributed by atoms with van der Waals surface area (Å²) in [5, 5.41) is 9.51. The zero-order valence-electron chi connectivity index (χ0n) is 11.4. The van der Waals surface area contributed by atoms with Crippen molar-refractivity contribution in [2.75, 3.05) is 34.4 Å². The fourth-order valence-electron chi connectivity index (χ4n) is 2.07. The lowest BCUT2D eigenvalue weighted by Crippen LogP contribution is -2.67. The Morgan fingerprint density at radius 1 is 0.950 bits per heavy atom. The second-order valence-electron chi connectivity index (χ2n) is 4.53. The molecule has 1 aromatic rings. The standard InChI is InChI=1S/C13H20BrN3O2.Mg.2H/c1-15-12(16-2)8-18-13(17-3,19-9-12)10-4-6-11(14)7-5-10;;;/h4-7,15-17H,8-9H2,1-3H3;;;. The van der Waals surface area contributed by atoms with Crippen molar-refractivity contribution >= 4 is 39.0 Å². The molecule has 1 aromatic carbocycles. The molecular formula is C13H22BrMgN3O2. The van der Waals surface area contributed by atoms with E-state index in [9.17, 15) is 0 Å². The molecule has 1 heterocycles. The molecule has 0 aromatic heterocycles. The Balaban J connectivity index is 0.00000200. The molecule has 0 aliphatic carbocycles. The summed E-state index contributed by atoms with van der Waals surface area (Å²) in [6.45, 7) is 0.994. The van der Waals surface area contributed by atoms with Crippen LogP contribution in [0.1, 0.15) is 5.56 Å². The second-order valence-corrected chi connectivity index (χ2v) is 5.45. The number of ether oxygens (including phenoxy) is 2. The molecule has 7 heteroatoms. The lowest BCUT2D eigenvalue weighted by atomic mass is 10.1. The van der Waals surface area contributed by atoms with Crippen LogP contribution < -0.4 is 16.0 Å². The van der Waals surface area contributed by atoms with E-state index in [0.717, 1.165) is 10.0 Å². The van der Waals surface area contributed by atoms with E-state index >= 15 is 0 Å². The van der Waals surface area contributed by atoms with Crippen molar-refractivity contribution in [1.29, 1.82) is 0 Å². The smallest absolute Gasteiger partial charge is 0.316 e. The van der Waals surface area contributed by atoms with Gasteiger partial charge in [0.15, 0.2) is 0 Å². The lowest BCUT2D eigenvalue weighted by Gasteiger charge is -2.45. The molecule has 1 aliphatic rings. The summed E-state index contributed by atoms with van der Waals surface area (Å²) < 4.78 is 13.0. The molecule has 3 N–H and O–H groups in total. The first-order chi connectivity index (χ1) is 9.10. The number of halogens is 1. The van der Waals surface area contributed by atoms with E-state index in [1.807, 2.05) is 45.4 Å². The Morgan fingerprint density at radius 2 is 1.45 bits per heavy atom. The summed E-state index contributed by atoms with van der Waals surface area (Å²) in [5.74, 6) is -0.891. The molecule has 1 fully saturated rings. The highest BCUT2D eigenvalue weighted by Crippen LogP contribution is 2.30. The quantitative estimate of drug-likeness (QED) is 0.526. The Morgan fingerprint density at radius 3 is 1.85 bits per heavy atom. The van der Waals surface area contributed by atoms with Crippen LogP contribution in [-0.2, 0) is 15.4 Å². The fourth-order valence-corrected chi connectivity index (χ4v) is 2.34. The van der Waals surface area contributed by atoms with Crippen molar-refractivity contribution in [2.45, 2.75) is 11.6 Å². The highest BCUT2D eigenvalue weighted by Gasteiger charge is 2.44. The van der Waals surface area contributed by atoms with Crippen LogP contribution in [0.25, 0.3) is 0 Å². The topological polar surface area (TPSA) is 54.5 Å². The molecule has 0 bridgehead atoms. The van der Waals surface area contributed by atoms with Gasteiger partial charge in [-0.25, -0.2) is 0 Å². The van der Waals surface area contributed by atoms with Gasteiger partial charge in [-0.2, -0.15) is 0 Å². The van der Waals surface area contributed by atoms with Crippen LogP contribution in [-0.4, -0.2) is 63.1 Å². The monoisotopic (exact) mass is 355 g/mol. The summed E-state index contributed by atoms with van der Waals surface area (Å²) in [7, 11) is 5.60. The van der Waals surface area contributed by atoms with Crippen LogP contribution >= 0.6 is 15.9 Å². The molecule has 1 saturated heterocycles. The Kier molecular flexibility index (Phi) is 6.87. The number of benzene rings is 1. The summed E-state index contributed by atoms with van der Waals surface area (Å²) in [6, 6.07) is 7.90. The van der Waals surface area contributed by atoms with E-state index in [2.05, 4.69) is 31.9 Å². The highest BCUT2D eigenvalue weighted by atomic mass is 79.9. The number of hydrogen-bond donors (Lipinski definition) is 3. The average Bonchev–Trinajstić information content (AvgIpc) is 2.48. The molecule has 0 spiro atoms. The second kappa shape index (κ2) is 7.51. The zero-order valence-corrected chi connectivity index (χ0v) is 13.0. The van der Waals surface area contributed by atoms with E-state index in [0.29, 0.717) is 13.2 Å². The van der Waals surface area contributed by atoms with Crippen molar-refractivity contribution in [1.82, 2.24) is 16.0 Å². The van der Waals surface area contributed by atoms with Crippen LogP contribution in [0.3, 0.4) is 0 Å². The molecule has 2 rings (SSSR count). The average molecular weight is 357 g/mol. The normalized spacial score (nSPS) is 20.2. The first kappa shape index (κ1) is 18.3. The molecule has 5 nitrogen and oxygen atoms in total. The molecule has 0 saturated carbocycles. The molecule has 0 atom stereocenters. The van der Waals surface area contributed by atoms with Crippen molar-refractivity contribution in [3.63, 3.8) is 0 Å². The first-order valence-electron chi connectivity index (χ1n) is 6.20. The predicted molar refractivity (Wildman–Crippen MR) is 86.2 cm³/mol. The minimum atomic E-state index is -0.891. The van der Waals surface area contributed by atoms with E-state index < -0.39 is 5.91 Å². The van der Waals surface area contributed by atoms with Crippen LogP contribution in [0.4, 0.5) is 0 Å². The minimum Gasteiger partial charge on any atom is -0.330 e. The van der Waals surface area contributed by atoms with E-state index in [-0.39, 0.29) is 28.7 Å². The van der Waals surface area contributed by atoms with Gasteiger partial charge in [-0.15, -0.1) is 0 Å². The van der Waals surface area contributed by atoms with E-state index in [1.54, 1.807) is 0 Å². The third-order valence-electron chi connectivity index (χ3n) is 3.55. The van der Waals surface area contributed by atoms with Gasteiger partial charge < -0.3 is 9.47 Å². The van der Waals surface area contributed by atoms with Gasteiger partial charge in [0.05, 0.1) is 13.2 Å². The first-order valence-corrected chi connectivity index (χ1v) is 7.00. The third kappa shape index (κ3) is 3.53. The van der Waals surface area contributed by atoms with Crippen LogP contribution in [0, 0.1) is 0 Å². The van der Waals surface area contributed by atoms with Crippen LogP contribution in [0.2, 0.25) is 0 Å². The maximum Gasteiger partial charge on any atom is 0.316 e. The Labute approximate surface area is 144 Å². The van der Waals surface area contributed by atoms with Gasteiger partial charge in [-0.1, -0.05) is 28.1 Å². The predicted octanol–water partition coefficient (Wildman–Crippen LogP) is 0.0445. The fraction of sp³-hybridized carbons (Fsp3) is 0.538. The van der Waals surface area contributed by atoms with Gasteiger partial charge in [0.2, 0.25) is 0 Å².